The number of hydrogen-bond donors (Lipinski definition) is 2. The Hall–Kier alpha value is -1.13. The van der Waals surface area contributed by atoms with Crippen molar-refractivity contribution < 1.29 is 4.79 Å². The molecule has 20 heavy (non-hydrogen) atoms. The van der Waals surface area contributed by atoms with Crippen LogP contribution < -0.4 is 11.1 Å². The first kappa shape index (κ1) is 15.3. The van der Waals surface area contributed by atoms with Gasteiger partial charge in [-0.1, -0.05) is 18.5 Å². The van der Waals surface area contributed by atoms with Crippen molar-refractivity contribution in [3.63, 3.8) is 0 Å². The van der Waals surface area contributed by atoms with Crippen LogP contribution >= 0.6 is 11.6 Å². The lowest BCUT2D eigenvalue weighted by atomic mass is 9.70. The molecule has 4 nitrogen and oxygen atoms in total. The minimum absolute atomic E-state index is 0.0267. The lowest BCUT2D eigenvalue weighted by molar-refractivity contribution is -0.127. The van der Waals surface area contributed by atoms with Crippen molar-refractivity contribution in [2.45, 2.75) is 39.5 Å². The van der Waals surface area contributed by atoms with Gasteiger partial charge in [-0.25, -0.2) is 4.98 Å². The third kappa shape index (κ3) is 3.13. The number of carbonyl (C=O) groups is 1. The number of anilines is 1. The van der Waals surface area contributed by atoms with E-state index in [1.165, 1.54) is 0 Å². The normalized spacial score (nSPS) is 26.3. The number of pyridine rings is 1. The van der Waals surface area contributed by atoms with E-state index >= 15 is 0 Å². The molecular weight excluding hydrogens is 274 g/mol. The third-order valence-electron chi connectivity index (χ3n) is 4.33. The molecule has 0 bridgehead atoms. The fourth-order valence-electron chi connectivity index (χ4n) is 2.73. The summed E-state index contributed by atoms with van der Waals surface area (Å²) >= 11 is 6.03. The summed E-state index contributed by atoms with van der Waals surface area (Å²) in [5.41, 5.74) is 6.97. The third-order valence-corrected chi connectivity index (χ3v) is 4.63. The fraction of sp³-hybridized carbons (Fsp3) is 0.600. The molecule has 1 aromatic heterocycles. The van der Waals surface area contributed by atoms with E-state index < -0.39 is 5.41 Å². The highest BCUT2D eigenvalue weighted by molar-refractivity contribution is 6.32. The van der Waals surface area contributed by atoms with Crippen molar-refractivity contribution >= 4 is 23.2 Å². The van der Waals surface area contributed by atoms with Gasteiger partial charge in [0.15, 0.2) is 5.15 Å². The Bertz CT molecular complexity index is 496. The van der Waals surface area contributed by atoms with E-state index in [9.17, 15) is 4.79 Å². The molecule has 1 aromatic rings. The molecule has 1 heterocycles. The van der Waals surface area contributed by atoms with Crippen molar-refractivity contribution in [3.05, 3.63) is 23.0 Å². The van der Waals surface area contributed by atoms with Crippen molar-refractivity contribution in [2.75, 3.05) is 11.9 Å². The summed E-state index contributed by atoms with van der Waals surface area (Å²) in [7, 11) is 0. The zero-order chi connectivity index (χ0) is 14.8. The van der Waals surface area contributed by atoms with Gasteiger partial charge in [-0.2, -0.15) is 0 Å². The molecule has 5 heteroatoms. The molecule has 1 amide bonds. The van der Waals surface area contributed by atoms with Crippen LogP contribution in [0.5, 0.6) is 0 Å². The molecule has 110 valence electrons. The zero-order valence-corrected chi connectivity index (χ0v) is 12.8. The van der Waals surface area contributed by atoms with Crippen molar-refractivity contribution in [1.29, 1.82) is 0 Å². The second-order valence-electron chi connectivity index (χ2n) is 5.97. The molecule has 0 unspecified atom stereocenters. The predicted molar refractivity (Wildman–Crippen MR) is 81.7 cm³/mol. The van der Waals surface area contributed by atoms with Crippen LogP contribution in [0.3, 0.4) is 0 Å². The van der Waals surface area contributed by atoms with Gasteiger partial charge in [0.2, 0.25) is 5.91 Å². The molecule has 1 aliphatic carbocycles. The maximum Gasteiger partial charge on any atom is 0.231 e. The van der Waals surface area contributed by atoms with Crippen LogP contribution in [0.15, 0.2) is 12.3 Å². The summed E-state index contributed by atoms with van der Waals surface area (Å²) in [6.07, 6.45) is 5.45. The summed E-state index contributed by atoms with van der Waals surface area (Å²) in [4.78, 5) is 16.7. The number of nitrogens with zero attached hydrogens (tertiary/aromatic N) is 1. The Morgan fingerprint density at radius 1 is 1.55 bits per heavy atom. The number of aryl methyl sites for hydroxylation is 1. The molecule has 0 aromatic carbocycles. The summed E-state index contributed by atoms with van der Waals surface area (Å²) in [6, 6.07) is 1.84. The van der Waals surface area contributed by atoms with Gasteiger partial charge in [0.1, 0.15) is 0 Å². The summed E-state index contributed by atoms with van der Waals surface area (Å²) in [5.74, 6) is 0.646. The quantitative estimate of drug-likeness (QED) is 0.842. The first-order valence-electron chi connectivity index (χ1n) is 7.10. The van der Waals surface area contributed by atoms with E-state index in [4.69, 9.17) is 17.3 Å². The highest BCUT2D eigenvalue weighted by Crippen LogP contribution is 2.39. The summed E-state index contributed by atoms with van der Waals surface area (Å²) < 4.78 is 0. The average Bonchev–Trinajstić information content (AvgIpc) is 2.44. The monoisotopic (exact) mass is 295 g/mol. The minimum atomic E-state index is -0.459. The largest absolute Gasteiger partial charge is 0.329 e. The second-order valence-corrected chi connectivity index (χ2v) is 6.33. The number of halogens is 1. The Morgan fingerprint density at radius 3 is 2.80 bits per heavy atom. The number of carbonyl (C=O) groups excluding carboxylic acids is 1. The van der Waals surface area contributed by atoms with Crippen LogP contribution in [0, 0.1) is 18.3 Å². The van der Waals surface area contributed by atoms with E-state index in [2.05, 4.69) is 17.2 Å². The number of nitrogens with one attached hydrogen (secondary N) is 1. The number of aromatic nitrogens is 1. The summed E-state index contributed by atoms with van der Waals surface area (Å²) in [6.45, 7) is 4.52. The predicted octanol–water partition coefficient (Wildman–Crippen LogP) is 3.14. The SMILES string of the molecule is Cc1cnc(Cl)c(NC(=O)C2(CN)CCC(C)CC2)c1. The molecule has 0 spiro atoms. The average molecular weight is 296 g/mol. The maximum absolute atomic E-state index is 12.6. The Morgan fingerprint density at radius 2 is 2.20 bits per heavy atom. The van der Waals surface area contributed by atoms with Crippen LogP contribution in [0.25, 0.3) is 0 Å². The molecule has 0 atom stereocenters. The van der Waals surface area contributed by atoms with Crippen LogP contribution in [-0.4, -0.2) is 17.4 Å². The van der Waals surface area contributed by atoms with Gasteiger partial charge in [-0.05, 0) is 50.2 Å². The molecule has 1 saturated carbocycles. The van der Waals surface area contributed by atoms with Gasteiger partial charge in [0.05, 0.1) is 11.1 Å². The first-order valence-corrected chi connectivity index (χ1v) is 7.48. The van der Waals surface area contributed by atoms with E-state index in [1.807, 2.05) is 13.0 Å². The van der Waals surface area contributed by atoms with Gasteiger partial charge in [0, 0.05) is 12.7 Å². The van der Waals surface area contributed by atoms with Crippen molar-refractivity contribution in [2.24, 2.45) is 17.1 Å². The van der Waals surface area contributed by atoms with Crippen LogP contribution in [0.2, 0.25) is 5.15 Å². The van der Waals surface area contributed by atoms with Gasteiger partial charge >= 0.3 is 0 Å². The maximum atomic E-state index is 12.6. The molecular formula is C15H22ClN3O. The second kappa shape index (κ2) is 6.10. The minimum Gasteiger partial charge on any atom is -0.329 e. The molecule has 0 saturated heterocycles. The number of rotatable bonds is 3. The number of hydrogen-bond acceptors (Lipinski definition) is 3. The summed E-state index contributed by atoms with van der Waals surface area (Å²) in [5, 5.41) is 3.23. The van der Waals surface area contributed by atoms with Crippen molar-refractivity contribution in [3.8, 4) is 0 Å². The lowest BCUT2D eigenvalue weighted by Gasteiger charge is -2.37. The smallest absolute Gasteiger partial charge is 0.231 e. The topological polar surface area (TPSA) is 68.0 Å². The molecule has 2 rings (SSSR count). The Kier molecular flexibility index (Phi) is 4.66. The van der Waals surface area contributed by atoms with E-state index in [0.717, 1.165) is 31.2 Å². The van der Waals surface area contributed by atoms with Crippen LogP contribution in [-0.2, 0) is 4.79 Å². The standard InChI is InChI=1S/C15H22ClN3O/c1-10-3-5-15(9-17,6-4-10)14(20)19-12-7-11(2)8-18-13(12)16/h7-8,10H,3-6,9,17H2,1-2H3,(H,19,20). The van der Waals surface area contributed by atoms with E-state index in [-0.39, 0.29) is 5.91 Å². The van der Waals surface area contributed by atoms with E-state index in [1.54, 1.807) is 6.20 Å². The molecule has 3 N–H and O–H groups in total. The number of nitrogens with two attached hydrogens (primary N) is 1. The van der Waals surface area contributed by atoms with Gasteiger partial charge in [-0.15, -0.1) is 0 Å². The first-order chi connectivity index (χ1) is 9.47. The zero-order valence-electron chi connectivity index (χ0n) is 12.1. The van der Waals surface area contributed by atoms with Crippen molar-refractivity contribution in [1.82, 2.24) is 4.98 Å². The molecule has 1 fully saturated rings. The van der Waals surface area contributed by atoms with E-state index in [0.29, 0.717) is 23.3 Å². The Labute approximate surface area is 125 Å². The van der Waals surface area contributed by atoms with Crippen LogP contribution in [0.4, 0.5) is 5.69 Å². The highest BCUT2D eigenvalue weighted by atomic mass is 35.5. The number of amides is 1. The van der Waals surface area contributed by atoms with Gasteiger partial charge < -0.3 is 11.1 Å². The molecule has 0 aliphatic heterocycles. The molecule has 0 radical (unpaired) electrons. The lowest BCUT2D eigenvalue weighted by Crippen LogP contribution is -2.44. The highest BCUT2D eigenvalue weighted by Gasteiger charge is 2.40. The molecule has 1 aliphatic rings. The Balaban J connectivity index is 2.15. The van der Waals surface area contributed by atoms with Gasteiger partial charge in [0.25, 0.3) is 0 Å². The van der Waals surface area contributed by atoms with Gasteiger partial charge in [-0.3, -0.25) is 4.79 Å². The van der Waals surface area contributed by atoms with Crippen LogP contribution in [0.1, 0.15) is 38.2 Å². The fourth-order valence-corrected chi connectivity index (χ4v) is 2.88.